The molecule has 1 aromatic carbocycles. The fraction of sp³-hybridized carbons (Fsp3) is 0.421. The zero-order chi connectivity index (χ0) is 19.3. The molecule has 1 aliphatic heterocycles. The predicted molar refractivity (Wildman–Crippen MR) is 105 cm³/mol. The van der Waals surface area contributed by atoms with Crippen LogP contribution in [-0.4, -0.2) is 38.3 Å². The molecule has 6 nitrogen and oxygen atoms in total. The first kappa shape index (κ1) is 19.9. The van der Waals surface area contributed by atoms with Gasteiger partial charge in [-0.1, -0.05) is 18.2 Å². The van der Waals surface area contributed by atoms with Crippen molar-refractivity contribution >= 4 is 27.3 Å². The lowest BCUT2D eigenvalue weighted by atomic mass is 9.99. The lowest BCUT2D eigenvalue weighted by molar-refractivity contribution is -0.126. The predicted octanol–water partition coefficient (Wildman–Crippen LogP) is 2.86. The molecule has 0 radical (unpaired) electrons. The van der Waals surface area contributed by atoms with Crippen molar-refractivity contribution in [2.24, 2.45) is 5.92 Å². The first-order valence-corrected chi connectivity index (χ1v) is 11.4. The van der Waals surface area contributed by atoms with E-state index in [0.29, 0.717) is 36.7 Å². The summed E-state index contributed by atoms with van der Waals surface area (Å²) in [5.74, 6) is 0.335. The molecule has 1 aromatic heterocycles. The summed E-state index contributed by atoms with van der Waals surface area (Å²) >= 11 is 1.20. The molecule has 0 aliphatic carbocycles. The molecule has 1 amide bonds. The molecule has 1 fully saturated rings. The molecule has 1 unspecified atom stereocenters. The van der Waals surface area contributed by atoms with Gasteiger partial charge in [-0.15, -0.1) is 11.3 Å². The SMILES string of the molecule is CCOc1cccc(CNC(=O)C2CCCN(S(=O)(=O)c3cccs3)C2)c1. The number of nitrogens with zero attached hydrogens (tertiary/aromatic N) is 1. The first-order valence-electron chi connectivity index (χ1n) is 9.04. The second-order valence-electron chi connectivity index (χ2n) is 6.43. The monoisotopic (exact) mass is 408 g/mol. The van der Waals surface area contributed by atoms with Crippen molar-refractivity contribution in [1.82, 2.24) is 9.62 Å². The van der Waals surface area contributed by atoms with Crippen molar-refractivity contribution in [3.8, 4) is 5.75 Å². The number of sulfonamides is 1. The second-order valence-corrected chi connectivity index (χ2v) is 9.54. The third-order valence-corrected chi connectivity index (χ3v) is 7.76. The van der Waals surface area contributed by atoms with Gasteiger partial charge in [0.25, 0.3) is 10.0 Å². The number of piperidine rings is 1. The number of rotatable bonds is 7. The average Bonchev–Trinajstić information content (AvgIpc) is 3.22. The minimum absolute atomic E-state index is 0.108. The minimum Gasteiger partial charge on any atom is -0.494 e. The summed E-state index contributed by atoms with van der Waals surface area (Å²) in [6.45, 7) is 3.60. The number of hydrogen-bond donors (Lipinski definition) is 1. The normalized spacial score (nSPS) is 18.2. The maximum absolute atomic E-state index is 12.7. The van der Waals surface area contributed by atoms with Crippen molar-refractivity contribution in [3.05, 3.63) is 47.3 Å². The highest BCUT2D eigenvalue weighted by Gasteiger charge is 2.33. The zero-order valence-corrected chi connectivity index (χ0v) is 16.9. The Morgan fingerprint density at radius 2 is 2.19 bits per heavy atom. The number of carbonyl (C=O) groups is 1. The Bertz CT molecular complexity index is 866. The van der Waals surface area contributed by atoms with E-state index < -0.39 is 10.0 Å². The van der Waals surface area contributed by atoms with Gasteiger partial charge in [0, 0.05) is 19.6 Å². The third kappa shape index (κ3) is 4.88. The lowest BCUT2D eigenvalue weighted by Gasteiger charge is -2.30. The molecule has 1 saturated heterocycles. The number of nitrogens with one attached hydrogen (secondary N) is 1. The van der Waals surface area contributed by atoms with Crippen LogP contribution in [0.1, 0.15) is 25.3 Å². The first-order chi connectivity index (χ1) is 13.0. The zero-order valence-electron chi connectivity index (χ0n) is 15.3. The molecule has 0 bridgehead atoms. The van der Waals surface area contributed by atoms with Gasteiger partial charge in [-0.25, -0.2) is 8.42 Å². The van der Waals surface area contributed by atoms with Gasteiger partial charge >= 0.3 is 0 Å². The van der Waals surface area contributed by atoms with Crippen LogP contribution in [0.2, 0.25) is 0 Å². The Labute approximate surface area is 164 Å². The number of benzene rings is 1. The van der Waals surface area contributed by atoms with E-state index in [9.17, 15) is 13.2 Å². The molecular weight excluding hydrogens is 384 g/mol. The van der Waals surface area contributed by atoms with Gasteiger partial charge < -0.3 is 10.1 Å². The van der Waals surface area contributed by atoms with Crippen molar-refractivity contribution < 1.29 is 17.9 Å². The van der Waals surface area contributed by atoms with Crippen LogP contribution in [-0.2, 0) is 21.4 Å². The van der Waals surface area contributed by atoms with E-state index in [1.165, 1.54) is 15.6 Å². The van der Waals surface area contributed by atoms with E-state index in [1.54, 1.807) is 17.5 Å². The molecule has 1 atom stereocenters. The summed E-state index contributed by atoms with van der Waals surface area (Å²) < 4.78 is 32.6. The largest absolute Gasteiger partial charge is 0.494 e. The Balaban J connectivity index is 1.59. The molecule has 27 heavy (non-hydrogen) atoms. The number of amides is 1. The van der Waals surface area contributed by atoms with Gasteiger partial charge in [-0.05, 0) is 48.9 Å². The van der Waals surface area contributed by atoms with E-state index in [2.05, 4.69) is 5.32 Å². The molecule has 2 heterocycles. The van der Waals surface area contributed by atoms with E-state index in [0.717, 1.165) is 11.3 Å². The summed E-state index contributed by atoms with van der Waals surface area (Å²) in [6, 6.07) is 10.9. The smallest absolute Gasteiger partial charge is 0.252 e. The molecule has 0 saturated carbocycles. The van der Waals surface area contributed by atoms with Crippen LogP contribution in [0.25, 0.3) is 0 Å². The van der Waals surface area contributed by atoms with Crippen LogP contribution in [0, 0.1) is 5.92 Å². The summed E-state index contributed by atoms with van der Waals surface area (Å²) in [6.07, 6.45) is 1.38. The quantitative estimate of drug-likeness (QED) is 0.764. The van der Waals surface area contributed by atoms with Crippen LogP contribution in [0.3, 0.4) is 0 Å². The van der Waals surface area contributed by atoms with Gasteiger partial charge in [0.15, 0.2) is 0 Å². The lowest BCUT2D eigenvalue weighted by Crippen LogP contribution is -2.45. The van der Waals surface area contributed by atoms with Gasteiger partial charge in [0.05, 0.1) is 12.5 Å². The minimum atomic E-state index is -3.51. The molecule has 8 heteroatoms. The topological polar surface area (TPSA) is 75.7 Å². The fourth-order valence-electron chi connectivity index (χ4n) is 3.16. The van der Waals surface area contributed by atoms with Gasteiger partial charge in [0.2, 0.25) is 5.91 Å². The maximum atomic E-state index is 12.7. The average molecular weight is 409 g/mol. The number of thiophene rings is 1. The van der Waals surface area contributed by atoms with Crippen LogP contribution >= 0.6 is 11.3 Å². The Morgan fingerprint density at radius 1 is 1.33 bits per heavy atom. The number of carbonyl (C=O) groups excluding carboxylic acids is 1. The highest BCUT2D eigenvalue weighted by molar-refractivity contribution is 7.91. The van der Waals surface area contributed by atoms with Gasteiger partial charge in [-0.2, -0.15) is 4.31 Å². The molecule has 2 aromatic rings. The standard InChI is InChI=1S/C19H24N2O4S2/c1-2-25-17-8-3-6-15(12-17)13-20-19(22)16-7-4-10-21(14-16)27(23,24)18-9-5-11-26-18/h3,5-6,8-9,11-12,16H,2,4,7,10,13-14H2,1H3,(H,20,22). The Kier molecular flexibility index (Phi) is 6.51. The van der Waals surface area contributed by atoms with Gasteiger partial charge in [-0.3, -0.25) is 4.79 Å². The Morgan fingerprint density at radius 3 is 2.93 bits per heavy atom. The van der Waals surface area contributed by atoms with Crippen molar-refractivity contribution in [2.75, 3.05) is 19.7 Å². The van der Waals surface area contributed by atoms with E-state index in [1.807, 2.05) is 31.2 Å². The van der Waals surface area contributed by atoms with E-state index >= 15 is 0 Å². The van der Waals surface area contributed by atoms with Crippen molar-refractivity contribution in [2.45, 2.75) is 30.5 Å². The fourth-order valence-corrected chi connectivity index (χ4v) is 5.83. The third-order valence-electron chi connectivity index (χ3n) is 4.52. The molecule has 0 spiro atoms. The summed E-state index contributed by atoms with van der Waals surface area (Å²) in [5, 5.41) is 4.68. The van der Waals surface area contributed by atoms with E-state index in [-0.39, 0.29) is 18.4 Å². The maximum Gasteiger partial charge on any atom is 0.252 e. The van der Waals surface area contributed by atoms with Crippen molar-refractivity contribution in [1.29, 1.82) is 0 Å². The van der Waals surface area contributed by atoms with Crippen LogP contribution in [0.5, 0.6) is 5.75 Å². The molecule has 146 valence electrons. The van der Waals surface area contributed by atoms with E-state index in [4.69, 9.17) is 4.74 Å². The van der Waals surface area contributed by atoms with Crippen LogP contribution < -0.4 is 10.1 Å². The number of hydrogen-bond acceptors (Lipinski definition) is 5. The summed E-state index contributed by atoms with van der Waals surface area (Å²) in [7, 11) is -3.51. The van der Waals surface area contributed by atoms with Crippen molar-refractivity contribution in [3.63, 3.8) is 0 Å². The summed E-state index contributed by atoms with van der Waals surface area (Å²) in [4.78, 5) is 12.6. The molecule has 3 rings (SSSR count). The van der Waals surface area contributed by atoms with Crippen LogP contribution in [0.4, 0.5) is 0 Å². The second kappa shape index (κ2) is 8.86. The molecule has 1 aliphatic rings. The molecular formula is C19H24N2O4S2. The molecule has 1 N–H and O–H groups in total. The highest BCUT2D eigenvalue weighted by Crippen LogP contribution is 2.26. The summed E-state index contributed by atoms with van der Waals surface area (Å²) in [5.41, 5.74) is 0.952. The van der Waals surface area contributed by atoms with Gasteiger partial charge in [0.1, 0.15) is 9.96 Å². The number of ether oxygens (including phenoxy) is 1. The highest BCUT2D eigenvalue weighted by atomic mass is 32.2. The Hall–Kier alpha value is -1.90. The van der Waals surface area contributed by atoms with Crippen LogP contribution in [0.15, 0.2) is 46.0 Å².